The van der Waals surface area contributed by atoms with Crippen LogP contribution in [0.5, 0.6) is 0 Å². The minimum Gasteiger partial charge on any atom is -0.297 e. The predicted octanol–water partition coefficient (Wildman–Crippen LogP) is 3.93. The van der Waals surface area contributed by atoms with E-state index >= 15 is 0 Å². The summed E-state index contributed by atoms with van der Waals surface area (Å²) in [5, 5.41) is 9.35. The van der Waals surface area contributed by atoms with Gasteiger partial charge in [0.1, 0.15) is 5.82 Å². The molecular formula is C15H18BrFN2. The molecule has 2 rings (SSSR count). The van der Waals surface area contributed by atoms with Crippen LogP contribution in [0.2, 0.25) is 0 Å². The fraction of sp³-hybridized carbons (Fsp3) is 0.533. The third-order valence-corrected chi connectivity index (χ3v) is 4.50. The van der Waals surface area contributed by atoms with Gasteiger partial charge in [0.15, 0.2) is 0 Å². The summed E-state index contributed by atoms with van der Waals surface area (Å²) in [6.07, 6.45) is 0. The lowest BCUT2D eigenvalue weighted by molar-refractivity contribution is 0.170. The topological polar surface area (TPSA) is 27.0 Å². The summed E-state index contributed by atoms with van der Waals surface area (Å²) in [4.78, 5) is 2.25. The molecule has 0 N–H and O–H groups in total. The molecule has 0 aromatic heterocycles. The summed E-state index contributed by atoms with van der Waals surface area (Å²) >= 11 is 3.42. The fourth-order valence-corrected chi connectivity index (χ4v) is 3.28. The molecule has 102 valence electrons. The monoisotopic (exact) mass is 324 g/mol. The summed E-state index contributed by atoms with van der Waals surface area (Å²) in [5.74, 6) is -0.456. The number of hydrogen-bond acceptors (Lipinski definition) is 2. The Morgan fingerprint density at radius 2 is 2.05 bits per heavy atom. The van der Waals surface area contributed by atoms with Crippen molar-refractivity contribution >= 4 is 15.9 Å². The molecule has 2 nitrogen and oxygen atoms in total. The SMILES string of the molecule is CC(C)(C)N1C[C@H](c2c(F)cccc2Br)[C@@H](C#N)C1. The van der Waals surface area contributed by atoms with E-state index in [9.17, 15) is 9.65 Å². The predicted molar refractivity (Wildman–Crippen MR) is 77.3 cm³/mol. The first-order chi connectivity index (χ1) is 8.84. The van der Waals surface area contributed by atoms with Crippen LogP contribution in [0.1, 0.15) is 32.3 Å². The molecule has 0 unspecified atom stereocenters. The molecule has 1 saturated heterocycles. The van der Waals surface area contributed by atoms with Gasteiger partial charge in [0.2, 0.25) is 0 Å². The quantitative estimate of drug-likeness (QED) is 0.782. The Bertz CT molecular complexity index is 496. The number of rotatable bonds is 1. The normalized spacial score (nSPS) is 24.4. The lowest BCUT2D eigenvalue weighted by Gasteiger charge is -2.31. The molecule has 0 radical (unpaired) electrons. The Hall–Kier alpha value is -0.920. The van der Waals surface area contributed by atoms with Crippen LogP contribution in [0.25, 0.3) is 0 Å². The second-order valence-corrected chi connectivity index (χ2v) is 6.91. The first-order valence-corrected chi connectivity index (χ1v) is 7.22. The highest BCUT2D eigenvalue weighted by Gasteiger charge is 2.40. The number of likely N-dealkylation sites (tertiary alicyclic amines) is 1. The van der Waals surface area contributed by atoms with Gasteiger partial charge < -0.3 is 0 Å². The van der Waals surface area contributed by atoms with E-state index in [1.807, 2.05) is 6.07 Å². The average molecular weight is 325 g/mol. The van der Waals surface area contributed by atoms with Crippen LogP contribution in [0.15, 0.2) is 22.7 Å². The van der Waals surface area contributed by atoms with Crippen LogP contribution < -0.4 is 0 Å². The second kappa shape index (κ2) is 5.22. The molecule has 4 heteroatoms. The highest BCUT2D eigenvalue weighted by molar-refractivity contribution is 9.10. The first kappa shape index (κ1) is 14.5. The van der Waals surface area contributed by atoms with Crippen molar-refractivity contribution in [2.24, 2.45) is 5.92 Å². The molecular weight excluding hydrogens is 307 g/mol. The average Bonchev–Trinajstić information content (AvgIpc) is 2.72. The standard InChI is InChI=1S/C15H18BrFN2/c1-15(2,3)19-8-10(7-18)11(9-19)14-12(16)5-4-6-13(14)17/h4-6,10-11H,8-9H2,1-3H3/t10-,11-/m0/s1. The van der Waals surface area contributed by atoms with E-state index in [-0.39, 0.29) is 23.2 Å². The molecule has 1 aromatic carbocycles. The van der Waals surface area contributed by atoms with Gasteiger partial charge in [-0.1, -0.05) is 22.0 Å². The molecule has 1 fully saturated rings. The van der Waals surface area contributed by atoms with Crippen molar-refractivity contribution in [1.82, 2.24) is 4.90 Å². The van der Waals surface area contributed by atoms with Crippen LogP contribution in [-0.4, -0.2) is 23.5 Å². The molecule has 1 aliphatic rings. The van der Waals surface area contributed by atoms with Gasteiger partial charge in [-0.05, 0) is 32.9 Å². The van der Waals surface area contributed by atoms with Crippen molar-refractivity contribution in [2.75, 3.05) is 13.1 Å². The molecule has 0 aliphatic carbocycles. The van der Waals surface area contributed by atoms with E-state index in [1.54, 1.807) is 6.07 Å². The summed E-state index contributed by atoms with van der Waals surface area (Å²) in [5.41, 5.74) is 0.641. The fourth-order valence-electron chi connectivity index (χ4n) is 2.64. The van der Waals surface area contributed by atoms with Gasteiger partial charge >= 0.3 is 0 Å². The number of nitriles is 1. The van der Waals surface area contributed by atoms with Crippen LogP contribution in [-0.2, 0) is 0 Å². The maximum Gasteiger partial charge on any atom is 0.127 e. The Kier molecular flexibility index (Phi) is 3.98. The molecule has 19 heavy (non-hydrogen) atoms. The van der Waals surface area contributed by atoms with Crippen molar-refractivity contribution in [3.05, 3.63) is 34.1 Å². The van der Waals surface area contributed by atoms with Gasteiger partial charge in [-0.15, -0.1) is 0 Å². The van der Waals surface area contributed by atoms with Gasteiger partial charge in [0.05, 0.1) is 12.0 Å². The summed E-state index contributed by atoms with van der Waals surface area (Å²) in [7, 11) is 0. The Balaban J connectivity index is 2.37. The van der Waals surface area contributed by atoms with E-state index < -0.39 is 0 Å². The zero-order valence-electron chi connectivity index (χ0n) is 11.5. The number of nitrogens with zero attached hydrogens (tertiary/aromatic N) is 2. The second-order valence-electron chi connectivity index (χ2n) is 6.05. The van der Waals surface area contributed by atoms with Gasteiger partial charge in [0.25, 0.3) is 0 Å². The van der Waals surface area contributed by atoms with E-state index in [0.29, 0.717) is 12.1 Å². The summed E-state index contributed by atoms with van der Waals surface area (Å²) in [6, 6.07) is 7.33. The zero-order chi connectivity index (χ0) is 14.2. The van der Waals surface area contributed by atoms with E-state index in [0.717, 1.165) is 11.0 Å². The van der Waals surface area contributed by atoms with E-state index in [2.05, 4.69) is 47.7 Å². The van der Waals surface area contributed by atoms with Crippen molar-refractivity contribution in [1.29, 1.82) is 5.26 Å². The summed E-state index contributed by atoms with van der Waals surface area (Å²) < 4.78 is 14.8. The maximum absolute atomic E-state index is 14.1. The molecule has 0 spiro atoms. The van der Waals surface area contributed by atoms with Crippen LogP contribution in [0.3, 0.4) is 0 Å². The molecule has 0 saturated carbocycles. The first-order valence-electron chi connectivity index (χ1n) is 6.43. The molecule has 0 amide bonds. The highest BCUT2D eigenvalue weighted by atomic mass is 79.9. The molecule has 1 heterocycles. The Labute approximate surface area is 122 Å². The van der Waals surface area contributed by atoms with Gasteiger partial charge in [-0.25, -0.2) is 4.39 Å². The number of benzene rings is 1. The van der Waals surface area contributed by atoms with Crippen molar-refractivity contribution in [3.63, 3.8) is 0 Å². The van der Waals surface area contributed by atoms with Crippen LogP contribution in [0.4, 0.5) is 4.39 Å². The Morgan fingerprint density at radius 3 is 2.58 bits per heavy atom. The lowest BCUT2D eigenvalue weighted by Crippen LogP contribution is -2.39. The third kappa shape index (κ3) is 2.82. The minimum atomic E-state index is -0.226. The molecule has 0 bridgehead atoms. The molecule has 2 atom stereocenters. The number of halogens is 2. The maximum atomic E-state index is 14.1. The van der Waals surface area contributed by atoms with E-state index in [1.165, 1.54) is 6.07 Å². The smallest absolute Gasteiger partial charge is 0.127 e. The Morgan fingerprint density at radius 1 is 1.37 bits per heavy atom. The lowest BCUT2D eigenvalue weighted by atomic mass is 9.89. The van der Waals surface area contributed by atoms with Crippen molar-refractivity contribution in [2.45, 2.75) is 32.2 Å². The number of hydrogen-bond donors (Lipinski definition) is 0. The van der Waals surface area contributed by atoms with Crippen LogP contribution in [0, 0.1) is 23.1 Å². The molecule has 1 aromatic rings. The van der Waals surface area contributed by atoms with Crippen molar-refractivity contribution < 1.29 is 4.39 Å². The summed E-state index contributed by atoms with van der Waals surface area (Å²) in [6.45, 7) is 7.80. The van der Waals surface area contributed by atoms with Gasteiger partial charge in [-0.2, -0.15) is 5.26 Å². The van der Waals surface area contributed by atoms with Crippen LogP contribution >= 0.6 is 15.9 Å². The van der Waals surface area contributed by atoms with Gasteiger partial charge in [0, 0.05) is 34.6 Å². The largest absolute Gasteiger partial charge is 0.297 e. The minimum absolute atomic E-state index is 0.00157. The van der Waals surface area contributed by atoms with E-state index in [4.69, 9.17) is 0 Å². The van der Waals surface area contributed by atoms with Gasteiger partial charge in [-0.3, -0.25) is 4.90 Å². The molecule has 1 aliphatic heterocycles. The zero-order valence-corrected chi connectivity index (χ0v) is 13.0. The third-order valence-electron chi connectivity index (χ3n) is 3.80. The van der Waals surface area contributed by atoms with Crippen molar-refractivity contribution in [3.8, 4) is 6.07 Å². The highest BCUT2D eigenvalue weighted by Crippen LogP contribution is 2.39.